The number of rotatable bonds is 7. The number of carbonyl (C=O) groups excluding carboxylic acids is 1. The summed E-state index contributed by atoms with van der Waals surface area (Å²) in [5.41, 5.74) is 0.414. The van der Waals surface area contributed by atoms with Gasteiger partial charge in [0.15, 0.2) is 0 Å². The molecule has 0 spiro atoms. The number of hydrogen-bond donors (Lipinski definition) is 0. The summed E-state index contributed by atoms with van der Waals surface area (Å²) >= 11 is 0. The van der Waals surface area contributed by atoms with Crippen molar-refractivity contribution in [3.05, 3.63) is 12.2 Å². The Labute approximate surface area is 115 Å². The van der Waals surface area contributed by atoms with Crippen LogP contribution in [0.25, 0.3) is 0 Å². The summed E-state index contributed by atoms with van der Waals surface area (Å²) in [6, 6.07) is 0. The van der Waals surface area contributed by atoms with E-state index in [1.807, 2.05) is 13.8 Å². The zero-order valence-electron chi connectivity index (χ0n) is 12.3. The first-order chi connectivity index (χ1) is 8.93. The number of carbonyl (C=O) groups is 1. The number of ether oxygens (including phenoxy) is 3. The molecule has 5 nitrogen and oxygen atoms in total. The third kappa shape index (κ3) is 5.30. The molecule has 1 aliphatic heterocycles. The maximum Gasteiger partial charge on any atom is 0.333 e. The van der Waals surface area contributed by atoms with Gasteiger partial charge < -0.3 is 14.2 Å². The van der Waals surface area contributed by atoms with Crippen LogP contribution in [0.2, 0.25) is 0 Å². The second-order valence-electron chi connectivity index (χ2n) is 4.99. The molecule has 0 aromatic carbocycles. The highest BCUT2D eigenvalue weighted by Crippen LogP contribution is 2.16. The van der Waals surface area contributed by atoms with Crippen molar-refractivity contribution in [1.29, 1.82) is 0 Å². The van der Waals surface area contributed by atoms with Gasteiger partial charge >= 0.3 is 5.97 Å². The molecule has 1 aliphatic rings. The van der Waals surface area contributed by atoms with Gasteiger partial charge in [0.25, 0.3) is 0 Å². The second-order valence-corrected chi connectivity index (χ2v) is 4.99. The molecule has 1 saturated heterocycles. The fourth-order valence-electron chi connectivity index (χ4n) is 1.97. The molecule has 3 unspecified atom stereocenters. The van der Waals surface area contributed by atoms with Gasteiger partial charge in [0.1, 0.15) is 6.10 Å². The van der Waals surface area contributed by atoms with Crippen molar-refractivity contribution >= 4 is 5.97 Å². The molecular weight excluding hydrogens is 246 g/mol. The first-order valence-electron chi connectivity index (χ1n) is 6.81. The Kier molecular flexibility index (Phi) is 6.48. The van der Waals surface area contributed by atoms with Gasteiger partial charge in [-0.15, -0.1) is 0 Å². The van der Waals surface area contributed by atoms with Crippen molar-refractivity contribution in [2.24, 2.45) is 0 Å². The standard InChI is InChI=1S/C14H25NO4/c1-6-15-7-8-17-14(15)19-12(5)9-11(4)18-13(16)10(2)3/h11-12,14H,2,6-9H2,1,3-5H3. The molecule has 1 heterocycles. The molecule has 110 valence electrons. The number of nitrogens with zero attached hydrogens (tertiary/aromatic N) is 1. The zero-order valence-corrected chi connectivity index (χ0v) is 12.3. The predicted molar refractivity (Wildman–Crippen MR) is 72.5 cm³/mol. The molecule has 0 aromatic heterocycles. The highest BCUT2D eigenvalue weighted by atomic mass is 16.7. The summed E-state index contributed by atoms with van der Waals surface area (Å²) in [7, 11) is 0. The van der Waals surface area contributed by atoms with Crippen LogP contribution < -0.4 is 0 Å². The molecule has 0 bridgehead atoms. The van der Waals surface area contributed by atoms with Crippen LogP contribution in [0.15, 0.2) is 12.2 Å². The highest BCUT2D eigenvalue weighted by molar-refractivity contribution is 5.87. The molecule has 1 rings (SSSR count). The van der Waals surface area contributed by atoms with Crippen molar-refractivity contribution in [3.8, 4) is 0 Å². The highest BCUT2D eigenvalue weighted by Gasteiger charge is 2.27. The second kappa shape index (κ2) is 7.62. The molecule has 0 aromatic rings. The fraction of sp³-hybridized carbons (Fsp3) is 0.786. The minimum Gasteiger partial charge on any atom is -0.459 e. The largest absolute Gasteiger partial charge is 0.459 e. The van der Waals surface area contributed by atoms with Crippen LogP contribution in [-0.2, 0) is 19.0 Å². The molecule has 0 radical (unpaired) electrons. The minimum absolute atomic E-state index is 0.0370. The third-order valence-corrected chi connectivity index (χ3v) is 3.01. The van der Waals surface area contributed by atoms with E-state index in [1.54, 1.807) is 6.92 Å². The van der Waals surface area contributed by atoms with Gasteiger partial charge in [0.05, 0.1) is 12.7 Å². The van der Waals surface area contributed by atoms with Crippen LogP contribution in [0.1, 0.15) is 34.1 Å². The summed E-state index contributed by atoms with van der Waals surface area (Å²) < 4.78 is 16.6. The summed E-state index contributed by atoms with van der Waals surface area (Å²) in [5.74, 6) is -0.355. The van der Waals surface area contributed by atoms with E-state index in [4.69, 9.17) is 14.2 Å². The zero-order chi connectivity index (χ0) is 14.4. The Morgan fingerprint density at radius 2 is 2.16 bits per heavy atom. The SMILES string of the molecule is C=C(C)C(=O)OC(C)CC(C)OC1OCCN1CC. The van der Waals surface area contributed by atoms with Crippen LogP contribution in [0.5, 0.6) is 0 Å². The molecule has 0 saturated carbocycles. The molecule has 19 heavy (non-hydrogen) atoms. The van der Waals surface area contributed by atoms with E-state index in [1.165, 1.54) is 0 Å². The first kappa shape index (κ1) is 16.1. The van der Waals surface area contributed by atoms with Crippen LogP contribution in [-0.4, -0.2) is 49.2 Å². The Hall–Kier alpha value is -0.910. The average molecular weight is 271 g/mol. The van der Waals surface area contributed by atoms with Crippen LogP contribution in [0.3, 0.4) is 0 Å². The maximum absolute atomic E-state index is 11.4. The molecule has 1 fully saturated rings. The molecule has 0 aliphatic carbocycles. The normalized spacial score (nSPS) is 23.1. The lowest BCUT2D eigenvalue weighted by molar-refractivity contribution is -0.201. The van der Waals surface area contributed by atoms with Crippen LogP contribution in [0.4, 0.5) is 0 Å². The molecule has 0 N–H and O–H groups in total. The van der Waals surface area contributed by atoms with Gasteiger partial charge in [-0.25, -0.2) is 4.79 Å². The van der Waals surface area contributed by atoms with E-state index in [0.717, 1.165) is 13.1 Å². The van der Waals surface area contributed by atoms with E-state index >= 15 is 0 Å². The monoisotopic (exact) mass is 271 g/mol. The van der Waals surface area contributed by atoms with Gasteiger partial charge in [-0.2, -0.15) is 0 Å². The smallest absolute Gasteiger partial charge is 0.333 e. The van der Waals surface area contributed by atoms with Crippen LogP contribution >= 0.6 is 0 Å². The Morgan fingerprint density at radius 1 is 1.47 bits per heavy atom. The van der Waals surface area contributed by atoms with E-state index in [9.17, 15) is 4.79 Å². The average Bonchev–Trinajstić information content (AvgIpc) is 2.75. The summed E-state index contributed by atoms with van der Waals surface area (Å²) in [6.45, 7) is 13.6. The van der Waals surface area contributed by atoms with E-state index in [2.05, 4.69) is 18.4 Å². The van der Waals surface area contributed by atoms with E-state index in [-0.39, 0.29) is 24.6 Å². The predicted octanol–water partition coefficient (Wildman–Crippen LogP) is 1.93. The van der Waals surface area contributed by atoms with E-state index in [0.29, 0.717) is 18.6 Å². The Morgan fingerprint density at radius 3 is 2.74 bits per heavy atom. The van der Waals surface area contributed by atoms with Gasteiger partial charge in [0, 0.05) is 25.1 Å². The van der Waals surface area contributed by atoms with Gasteiger partial charge in [-0.05, 0) is 20.8 Å². The number of likely N-dealkylation sites (N-methyl/N-ethyl adjacent to an activating group) is 1. The summed E-state index contributed by atoms with van der Waals surface area (Å²) in [5, 5.41) is 0. The number of hydrogen-bond acceptors (Lipinski definition) is 5. The minimum atomic E-state index is -0.355. The van der Waals surface area contributed by atoms with Crippen molar-refractivity contribution in [3.63, 3.8) is 0 Å². The van der Waals surface area contributed by atoms with Crippen molar-refractivity contribution in [1.82, 2.24) is 4.90 Å². The molecule has 5 heteroatoms. The summed E-state index contributed by atoms with van der Waals surface area (Å²) in [4.78, 5) is 13.5. The van der Waals surface area contributed by atoms with Gasteiger partial charge in [-0.1, -0.05) is 13.5 Å². The van der Waals surface area contributed by atoms with Crippen LogP contribution in [0, 0.1) is 0 Å². The quantitative estimate of drug-likeness (QED) is 0.523. The third-order valence-electron chi connectivity index (χ3n) is 3.01. The van der Waals surface area contributed by atoms with E-state index < -0.39 is 0 Å². The molecule has 0 amide bonds. The lowest BCUT2D eigenvalue weighted by atomic mass is 10.2. The number of esters is 1. The van der Waals surface area contributed by atoms with Crippen molar-refractivity contribution in [2.75, 3.05) is 19.7 Å². The first-order valence-corrected chi connectivity index (χ1v) is 6.81. The topological polar surface area (TPSA) is 48.0 Å². The maximum atomic E-state index is 11.4. The Balaban J connectivity index is 2.32. The fourth-order valence-corrected chi connectivity index (χ4v) is 1.97. The Bertz CT molecular complexity index is 319. The van der Waals surface area contributed by atoms with Gasteiger partial charge in [0.2, 0.25) is 6.41 Å². The lowest BCUT2D eigenvalue weighted by Crippen LogP contribution is -2.36. The van der Waals surface area contributed by atoms with Gasteiger partial charge in [-0.3, -0.25) is 4.90 Å². The lowest BCUT2D eigenvalue weighted by Gasteiger charge is -2.26. The van der Waals surface area contributed by atoms with Crippen molar-refractivity contribution < 1.29 is 19.0 Å². The molecule has 3 atom stereocenters. The van der Waals surface area contributed by atoms with Crippen molar-refractivity contribution in [2.45, 2.75) is 52.7 Å². The molecular formula is C14H25NO4. The summed E-state index contributed by atoms with van der Waals surface area (Å²) in [6.07, 6.45) is 0.126.